The third-order valence-corrected chi connectivity index (χ3v) is 7.02. The molecule has 2 amide bonds. The van der Waals surface area contributed by atoms with E-state index in [2.05, 4.69) is 16.3 Å². The molecule has 1 heterocycles. The average Bonchev–Trinajstić information content (AvgIpc) is 3.10. The second-order valence-electron chi connectivity index (χ2n) is 8.57. The van der Waals surface area contributed by atoms with Crippen molar-refractivity contribution in [2.45, 2.75) is 43.9 Å². The summed E-state index contributed by atoms with van der Waals surface area (Å²) in [5.74, 6) is -0.144. The Morgan fingerprint density at radius 1 is 1.12 bits per heavy atom. The standard InChI is InChI=1S/C27H34ClN3O2S/c1-22(18-23-10-8-11-24(28)19-23)34-26-13-5-4-12-25(26)31(21-32)20-27(33)29-14-9-17-30-15-6-2-3-7-16-30/h4-5,8,10-13,18-19,21H,2-3,6-7,9,14-17,20H2,1H3,(H,29,33)/b22-18-. The van der Waals surface area contributed by atoms with Gasteiger partial charge in [-0.25, -0.2) is 0 Å². The fourth-order valence-corrected chi connectivity index (χ4v) is 5.27. The van der Waals surface area contributed by atoms with Gasteiger partial charge in [-0.05, 0) is 86.6 Å². The highest BCUT2D eigenvalue weighted by atomic mass is 35.5. The van der Waals surface area contributed by atoms with Crippen molar-refractivity contribution in [3.8, 4) is 0 Å². The van der Waals surface area contributed by atoms with E-state index < -0.39 is 0 Å². The van der Waals surface area contributed by atoms with E-state index in [9.17, 15) is 9.59 Å². The molecular formula is C27H34ClN3O2S. The minimum atomic E-state index is -0.144. The summed E-state index contributed by atoms with van der Waals surface area (Å²) in [7, 11) is 0. The van der Waals surface area contributed by atoms with E-state index in [1.807, 2.05) is 55.5 Å². The quantitative estimate of drug-likeness (QED) is 0.240. The maximum Gasteiger partial charge on any atom is 0.240 e. The zero-order valence-corrected chi connectivity index (χ0v) is 21.4. The molecule has 0 aliphatic carbocycles. The molecule has 0 atom stereocenters. The molecule has 0 unspecified atom stereocenters. The van der Waals surface area contributed by atoms with Gasteiger partial charge in [0.15, 0.2) is 0 Å². The van der Waals surface area contributed by atoms with Gasteiger partial charge in [-0.3, -0.25) is 9.59 Å². The van der Waals surface area contributed by atoms with Gasteiger partial charge in [0.2, 0.25) is 12.3 Å². The van der Waals surface area contributed by atoms with Gasteiger partial charge in [0, 0.05) is 16.5 Å². The molecule has 1 fully saturated rings. The second kappa shape index (κ2) is 14.2. The number of thioether (sulfide) groups is 1. The Kier molecular flexibility index (Phi) is 11.0. The second-order valence-corrected chi connectivity index (χ2v) is 10.3. The average molecular weight is 500 g/mol. The van der Waals surface area contributed by atoms with Crippen LogP contribution in [0.3, 0.4) is 0 Å². The first-order chi connectivity index (χ1) is 16.5. The Labute approximate surface area is 212 Å². The van der Waals surface area contributed by atoms with Gasteiger partial charge in [-0.1, -0.05) is 60.5 Å². The van der Waals surface area contributed by atoms with E-state index in [0.29, 0.717) is 11.6 Å². The maximum atomic E-state index is 12.5. The number of amides is 2. The van der Waals surface area contributed by atoms with E-state index in [1.165, 1.54) is 30.6 Å². The van der Waals surface area contributed by atoms with Crippen LogP contribution in [0.15, 0.2) is 58.3 Å². The minimum absolute atomic E-state index is 0.00183. The molecule has 2 aromatic carbocycles. The minimum Gasteiger partial charge on any atom is -0.355 e. The Hall–Kier alpha value is -2.28. The number of allylic oxidation sites excluding steroid dienone is 1. The summed E-state index contributed by atoms with van der Waals surface area (Å²) in [5.41, 5.74) is 1.74. The predicted octanol–water partition coefficient (Wildman–Crippen LogP) is 5.84. The van der Waals surface area contributed by atoms with Crippen LogP contribution in [-0.4, -0.2) is 49.9 Å². The highest BCUT2D eigenvalue weighted by Crippen LogP contribution is 2.35. The van der Waals surface area contributed by atoms with Gasteiger partial charge in [0.05, 0.1) is 5.69 Å². The lowest BCUT2D eigenvalue weighted by Crippen LogP contribution is -2.38. The van der Waals surface area contributed by atoms with E-state index in [4.69, 9.17) is 11.6 Å². The highest BCUT2D eigenvalue weighted by molar-refractivity contribution is 8.03. The molecule has 1 N–H and O–H groups in total. The number of carbonyl (C=O) groups excluding carboxylic acids is 2. The van der Waals surface area contributed by atoms with Crippen molar-refractivity contribution in [3.05, 3.63) is 64.0 Å². The molecule has 182 valence electrons. The Morgan fingerprint density at radius 2 is 1.88 bits per heavy atom. The molecule has 34 heavy (non-hydrogen) atoms. The number of halogens is 1. The molecule has 5 nitrogen and oxygen atoms in total. The van der Waals surface area contributed by atoms with Gasteiger partial charge in [0.25, 0.3) is 0 Å². The largest absolute Gasteiger partial charge is 0.355 e. The first kappa shape index (κ1) is 26.3. The topological polar surface area (TPSA) is 52.7 Å². The van der Waals surface area contributed by atoms with E-state index >= 15 is 0 Å². The number of nitrogens with zero attached hydrogens (tertiary/aromatic N) is 2. The summed E-state index contributed by atoms with van der Waals surface area (Å²) in [6.07, 6.45) is 8.89. The van der Waals surface area contributed by atoms with Gasteiger partial charge in [-0.2, -0.15) is 0 Å². The number of nitrogens with one attached hydrogen (secondary N) is 1. The summed E-state index contributed by atoms with van der Waals surface area (Å²) in [5, 5.41) is 3.66. The van der Waals surface area contributed by atoms with Gasteiger partial charge in [0.1, 0.15) is 6.54 Å². The normalized spacial score (nSPS) is 14.9. The lowest BCUT2D eigenvalue weighted by Gasteiger charge is -2.21. The van der Waals surface area contributed by atoms with Gasteiger partial charge < -0.3 is 15.1 Å². The zero-order chi connectivity index (χ0) is 24.2. The highest BCUT2D eigenvalue weighted by Gasteiger charge is 2.15. The molecule has 1 saturated heterocycles. The predicted molar refractivity (Wildman–Crippen MR) is 143 cm³/mol. The number of benzene rings is 2. The van der Waals surface area contributed by atoms with Crippen LogP contribution in [0.4, 0.5) is 5.69 Å². The number of likely N-dealkylation sites (tertiary alicyclic amines) is 1. The molecular weight excluding hydrogens is 466 g/mol. The van der Waals surface area contributed by atoms with Crippen LogP contribution in [0.2, 0.25) is 5.02 Å². The van der Waals surface area contributed by atoms with Crippen molar-refractivity contribution in [1.82, 2.24) is 10.2 Å². The summed E-state index contributed by atoms with van der Waals surface area (Å²) >= 11 is 7.65. The molecule has 3 rings (SSSR count). The number of rotatable bonds is 11. The molecule has 0 spiro atoms. The van der Waals surface area contributed by atoms with Crippen LogP contribution in [0.5, 0.6) is 0 Å². The molecule has 1 aliphatic heterocycles. The summed E-state index contributed by atoms with van der Waals surface area (Å²) in [6, 6.07) is 15.3. The van der Waals surface area contributed by atoms with Crippen LogP contribution in [0.1, 0.15) is 44.6 Å². The molecule has 0 radical (unpaired) electrons. The smallest absolute Gasteiger partial charge is 0.240 e. The van der Waals surface area contributed by atoms with E-state index in [0.717, 1.165) is 53.5 Å². The molecule has 0 bridgehead atoms. The molecule has 2 aromatic rings. The van der Waals surface area contributed by atoms with Crippen molar-refractivity contribution in [1.29, 1.82) is 0 Å². The van der Waals surface area contributed by atoms with Crippen LogP contribution >= 0.6 is 23.4 Å². The molecule has 1 aliphatic rings. The molecule has 0 aromatic heterocycles. The Bertz CT molecular complexity index is 974. The first-order valence-corrected chi connectivity index (χ1v) is 13.2. The number of para-hydroxylation sites is 1. The van der Waals surface area contributed by atoms with Crippen LogP contribution < -0.4 is 10.2 Å². The third-order valence-electron chi connectivity index (χ3n) is 5.78. The summed E-state index contributed by atoms with van der Waals surface area (Å²) in [6.45, 7) is 5.97. The molecule has 7 heteroatoms. The number of anilines is 1. The Balaban J connectivity index is 1.54. The van der Waals surface area contributed by atoms with Crippen LogP contribution in [-0.2, 0) is 9.59 Å². The lowest BCUT2D eigenvalue weighted by atomic mass is 10.2. The van der Waals surface area contributed by atoms with E-state index in [1.54, 1.807) is 11.8 Å². The summed E-state index contributed by atoms with van der Waals surface area (Å²) in [4.78, 5) is 30.4. The molecule has 0 saturated carbocycles. The first-order valence-electron chi connectivity index (χ1n) is 12.0. The van der Waals surface area contributed by atoms with E-state index in [-0.39, 0.29) is 12.5 Å². The third kappa shape index (κ3) is 8.82. The number of hydrogen-bond acceptors (Lipinski definition) is 4. The lowest BCUT2D eigenvalue weighted by molar-refractivity contribution is -0.121. The SMILES string of the molecule is C/C(=C/c1cccc(Cl)c1)Sc1ccccc1N(C=O)CC(=O)NCCCN1CCCCCC1. The fourth-order valence-electron chi connectivity index (χ4n) is 4.09. The number of carbonyl (C=O) groups is 2. The van der Waals surface area contributed by atoms with Crippen LogP contribution in [0.25, 0.3) is 6.08 Å². The number of hydrogen-bond donors (Lipinski definition) is 1. The fraction of sp³-hybridized carbons (Fsp3) is 0.407. The Morgan fingerprint density at radius 3 is 2.62 bits per heavy atom. The van der Waals surface area contributed by atoms with Gasteiger partial charge >= 0.3 is 0 Å². The van der Waals surface area contributed by atoms with Gasteiger partial charge in [-0.15, -0.1) is 0 Å². The summed E-state index contributed by atoms with van der Waals surface area (Å²) < 4.78 is 0. The monoisotopic (exact) mass is 499 g/mol. The zero-order valence-electron chi connectivity index (χ0n) is 19.8. The van der Waals surface area contributed by atoms with Crippen molar-refractivity contribution in [2.24, 2.45) is 0 Å². The maximum absolute atomic E-state index is 12.5. The van der Waals surface area contributed by atoms with Crippen LogP contribution in [0, 0.1) is 0 Å². The van der Waals surface area contributed by atoms with Crippen molar-refractivity contribution >= 4 is 47.4 Å². The van der Waals surface area contributed by atoms with Crippen molar-refractivity contribution in [3.63, 3.8) is 0 Å². The van der Waals surface area contributed by atoms with Crippen molar-refractivity contribution < 1.29 is 9.59 Å². The van der Waals surface area contributed by atoms with Crippen molar-refractivity contribution in [2.75, 3.05) is 37.6 Å².